The van der Waals surface area contributed by atoms with Crippen molar-refractivity contribution in [2.45, 2.75) is 26.8 Å². The molecule has 0 bridgehead atoms. The Morgan fingerprint density at radius 1 is 1.09 bits per heavy atom. The Kier molecular flexibility index (Phi) is 4.86. The Morgan fingerprint density at radius 3 is 2.50 bits per heavy atom. The number of rotatable bonds is 4. The molecule has 0 aliphatic heterocycles. The lowest BCUT2D eigenvalue weighted by Crippen LogP contribution is -2.27. The maximum absolute atomic E-state index is 12.5. The van der Waals surface area contributed by atoms with Crippen LogP contribution in [0.1, 0.15) is 40.0 Å². The van der Waals surface area contributed by atoms with Crippen LogP contribution in [0.3, 0.4) is 0 Å². The quantitative estimate of drug-likeness (QED) is 0.929. The van der Waals surface area contributed by atoms with Crippen LogP contribution in [0.25, 0.3) is 0 Å². The van der Waals surface area contributed by atoms with Gasteiger partial charge in [-0.3, -0.25) is 4.79 Å². The molecule has 0 fully saturated rings. The molecule has 0 aliphatic carbocycles. The van der Waals surface area contributed by atoms with E-state index >= 15 is 0 Å². The Balaban J connectivity index is 2.17. The molecule has 116 valence electrons. The predicted molar refractivity (Wildman–Crippen MR) is 92.6 cm³/mol. The third-order valence-electron chi connectivity index (χ3n) is 3.87. The van der Waals surface area contributed by atoms with Gasteiger partial charge in [0.1, 0.15) is 0 Å². The molecule has 1 N–H and O–H groups in total. The summed E-state index contributed by atoms with van der Waals surface area (Å²) in [5, 5.41) is 3.09. The SMILES string of the molecule is Cc1ccc(C)c(C(C)NC(=O)c2cccc(N(C)C)c2)c1. The minimum atomic E-state index is -0.0443. The number of nitrogens with one attached hydrogen (secondary N) is 1. The van der Waals surface area contributed by atoms with Gasteiger partial charge in [-0.1, -0.05) is 29.8 Å². The molecule has 3 nitrogen and oxygen atoms in total. The van der Waals surface area contributed by atoms with E-state index in [0.29, 0.717) is 5.56 Å². The summed E-state index contributed by atoms with van der Waals surface area (Å²) in [6.07, 6.45) is 0. The van der Waals surface area contributed by atoms with E-state index < -0.39 is 0 Å². The van der Waals surface area contributed by atoms with Crippen LogP contribution in [-0.4, -0.2) is 20.0 Å². The van der Waals surface area contributed by atoms with Crippen molar-refractivity contribution in [3.63, 3.8) is 0 Å². The van der Waals surface area contributed by atoms with Crippen LogP contribution in [0.2, 0.25) is 0 Å². The first kappa shape index (κ1) is 16.1. The fourth-order valence-electron chi connectivity index (χ4n) is 2.51. The Labute approximate surface area is 133 Å². The fourth-order valence-corrected chi connectivity index (χ4v) is 2.51. The third kappa shape index (κ3) is 3.67. The highest BCUT2D eigenvalue weighted by atomic mass is 16.1. The second-order valence-electron chi connectivity index (χ2n) is 6.00. The van der Waals surface area contributed by atoms with Crippen LogP contribution >= 0.6 is 0 Å². The van der Waals surface area contributed by atoms with Gasteiger partial charge in [-0.15, -0.1) is 0 Å². The molecule has 0 saturated carbocycles. The minimum Gasteiger partial charge on any atom is -0.378 e. The molecule has 22 heavy (non-hydrogen) atoms. The summed E-state index contributed by atoms with van der Waals surface area (Å²) < 4.78 is 0. The van der Waals surface area contributed by atoms with E-state index in [4.69, 9.17) is 0 Å². The summed E-state index contributed by atoms with van der Waals surface area (Å²) in [5.74, 6) is -0.0443. The van der Waals surface area contributed by atoms with Crippen molar-refractivity contribution < 1.29 is 4.79 Å². The molecule has 1 amide bonds. The zero-order valence-corrected chi connectivity index (χ0v) is 14.0. The topological polar surface area (TPSA) is 32.3 Å². The molecule has 2 aromatic carbocycles. The van der Waals surface area contributed by atoms with Crippen molar-refractivity contribution >= 4 is 11.6 Å². The lowest BCUT2D eigenvalue weighted by atomic mass is 9.99. The Hall–Kier alpha value is -2.29. The molecule has 0 aliphatic rings. The molecule has 0 saturated heterocycles. The lowest BCUT2D eigenvalue weighted by molar-refractivity contribution is 0.0940. The average molecular weight is 296 g/mol. The van der Waals surface area contributed by atoms with E-state index in [1.54, 1.807) is 0 Å². The van der Waals surface area contributed by atoms with Gasteiger partial charge in [0, 0.05) is 25.3 Å². The second kappa shape index (κ2) is 6.65. The largest absolute Gasteiger partial charge is 0.378 e. The zero-order chi connectivity index (χ0) is 16.3. The van der Waals surface area contributed by atoms with Gasteiger partial charge in [-0.2, -0.15) is 0 Å². The molecular weight excluding hydrogens is 272 g/mol. The first-order valence-electron chi connectivity index (χ1n) is 7.54. The summed E-state index contributed by atoms with van der Waals surface area (Å²) in [6.45, 7) is 6.16. The standard InChI is InChI=1S/C19H24N2O/c1-13-9-10-14(2)18(11-13)15(3)20-19(22)16-7-6-8-17(12-16)21(4)5/h6-12,15H,1-5H3,(H,20,22). The number of carbonyl (C=O) groups excluding carboxylic acids is 1. The molecule has 2 rings (SSSR count). The van der Waals surface area contributed by atoms with Crippen LogP contribution in [0, 0.1) is 13.8 Å². The van der Waals surface area contributed by atoms with Crippen molar-refractivity contribution in [3.8, 4) is 0 Å². The van der Waals surface area contributed by atoms with E-state index in [2.05, 4.69) is 37.4 Å². The van der Waals surface area contributed by atoms with E-state index in [1.807, 2.05) is 50.2 Å². The molecule has 0 heterocycles. The van der Waals surface area contributed by atoms with Gasteiger partial charge >= 0.3 is 0 Å². The van der Waals surface area contributed by atoms with Crippen LogP contribution in [-0.2, 0) is 0 Å². The second-order valence-corrected chi connectivity index (χ2v) is 6.00. The van der Waals surface area contributed by atoms with Crippen LogP contribution in [0.15, 0.2) is 42.5 Å². The van der Waals surface area contributed by atoms with Gasteiger partial charge in [0.2, 0.25) is 0 Å². The zero-order valence-electron chi connectivity index (χ0n) is 14.0. The van der Waals surface area contributed by atoms with Crippen molar-refractivity contribution in [1.29, 1.82) is 0 Å². The van der Waals surface area contributed by atoms with Crippen molar-refractivity contribution in [2.75, 3.05) is 19.0 Å². The molecule has 2 aromatic rings. The van der Waals surface area contributed by atoms with Crippen molar-refractivity contribution in [3.05, 3.63) is 64.7 Å². The number of amides is 1. The molecule has 1 unspecified atom stereocenters. The van der Waals surface area contributed by atoms with E-state index in [1.165, 1.54) is 11.1 Å². The van der Waals surface area contributed by atoms with Gasteiger partial charge in [-0.25, -0.2) is 0 Å². The lowest BCUT2D eigenvalue weighted by Gasteiger charge is -2.18. The normalized spacial score (nSPS) is 11.9. The summed E-state index contributed by atoms with van der Waals surface area (Å²) in [5.41, 5.74) is 5.27. The number of nitrogens with zero attached hydrogens (tertiary/aromatic N) is 1. The monoisotopic (exact) mass is 296 g/mol. The van der Waals surface area contributed by atoms with E-state index in [9.17, 15) is 4.79 Å². The number of benzene rings is 2. The highest BCUT2D eigenvalue weighted by Crippen LogP contribution is 2.20. The first-order valence-corrected chi connectivity index (χ1v) is 7.54. The molecule has 0 radical (unpaired) electrons. The molecular formula is C19H24N2O. The maximum atomic E-state index is 12.5. The van der Waals surface area contributed by atoms with Crippen LogP contribution < -0.4 is 10.2 Å². The number of hydrogen-bond donors (Lipinski definition) is 1. The number of aryl methyl sites for hydroxylation is 2. The summed E-state index contributed by atoms with van der Waals surface area (Å²) in [7, 11) is 3.94. The summed E-state index contributed by atoms with van der Waals surface area (Å²) in [6, 6.07) is 14.0. The first-order chi connectivity index (χ1) is 10.4. The predicted octanol–water partition coefficient (Wildman–Crippen LogP) is 3.86. The maximum Gasteiger partial charge on any atom is 0.251 e. The summed E-state index contributed by atoms with van der Waals surface area (Å²) >= 11 is 0. The van der Waals surface area contributed by atoms with Gasteiger partial charge in [-0.05, 0) is 50.1 Å². The molecule has 0 aromatic heterocycles. The van der Waals surface area contributed by atoms with Crippen molar-refractivity contribution in [2.24, 2.45) is 0 Å². The molecule has 0 spiro atoms. The van der Waals surface area contributed by atoms with Gasteiger partial charge in [0.15, 0.2) is 0 Å². The average Bonchev–Trinajstić information content (AvgIpc) is 2.49. The smallest absolute Gasteiger partial charge is 0.251 e. The number of hydrogen-bond acceptors (Lipinski definition) is 2. The van der Waals surface area contributed by atoms with Gasteiger partial charge < -0.3 is 10.2 Å². The van der Waals surface area contributed by atoms with Gasteiger partial charge in [0.05, 0.1) is 6.04 Å². The highest BCUT2D eigenvalue weighted by Gasteiger charge is 2.14. The minimum absolute atomic E-state index is 0.0181. The molecule has 1 atom stereocenters. The highest BCUT2D eigenvalue weighted by molar-refractivity contribution is 5.95. The number of anilines is 1. The number of carbonyl (C=O) groups is 1. The third-order valence-corrected chi connectivity index (χ3v) is 3.87. The van der Waals surface area contributed by atoms with E-state index in [-0.39, 0.29) is 11.9 Å². The van der Waals surface area contributed by atoms with Crippen molar-refractivity contribution in [1.82, 2.24) is 5.32 Å². The fraction of sp³-hybridized carbons (Fsp3) is 0.316. The van der Waals surface area contributed by atoms with Gasteiger partial charge in [0.25, 0.3) is 5.91 Å². The summed E-state index contributed by atoms with van der Waals surface area (Å²) in [4.78, 5) is 14.5. The van der Waals surface area contributed by atoms with Crippen LogP contribution in [0.5, 0.6) is 0 Å². The molecule has 3 heteroatoms. The Bertz CT molecular complexity index is 677. The Morgan fingerprint density at radius 2 is 1.82 bits per heavy atom. The van der Waals surface area contributed by atoms with E-state index in [0.717, 1.165) is 11.3 Å². The van der Waals surface area contributed by atoms with Crippen LogP contribution in [0.4, 0.5) is 5.69 Å².